The highest BCUT2D eigenvalue weighted by Crippen LogP contribution is 2.14. The molecular weight excluding hydrogens is 224 g/mol. The van der Waals surface area contributed by atoms with Crippen LogP contribution in [-0.2, 0) is 11.3 Å². The van der Waals surface area contributed by atoms with Gasteiger partial charge in [-0.15, -0.1) is 0 Å². The van der Waals surface area contributed by atoms with E-state index in [0.29, 0.717) is 6.04 Å². The highest BCUT2D eigenvalue weighted by Gasteiger charge is 2.01. The molecule has 0 aliphatic carbocycles. The largest absolute Gasteiger partial charge is 0.385 e. The second-order valence-corrected chi connectivity index (χ2v) is 4.62. The molecule has 0 saturated heterocycles. The number of rotatable bonds is 6. The fourth-order valence-corrected chi connectivity index (χ4v) is 1.93. The van der Waals surface area contributed by atoms with Gasteiger partial charge in [-0.05, 0) is 36.4 Å². The first-order valence-electron chi connectivity index (χ1n) is 6.34. The maximum absolute atomic E-state index is 5.08. The summed E-state index contributed by atoms with van der Waals surface area (Å²) in [5, 5.41) is 5.94. The normalized spacial score (nSPS) is 12.8. The summed E-state index contributed by atoms with van der Waals surface area (Å²) >= 11 is 0. The lowest BCUT2D eigenvalue weighted by molar-refractivity contribution is 0.184. The van der Waals surface area contributed by atoms with E-state index in [9.17, 15) is 0 Å². The molecule has 2 rings (SSSR count). The van der Waals surface area contributed by atoms with E-state index in [-0.39, 0.29) is 0 Å². The Morgan fingerprint density at radius 3 is 3.00 bits per heavy atom. The first-order chi connectivity index (χ1) is 8.79. The molecule has 1 heterocycles. The Bertz CT molecular complexity index is 499. The van der Waals surface area contributed by atoms with Gasteiger partial charge in [0.1, 0.15) is 0 Å². The number of nitrogens with zero attached hydrogens (tertiary/aromatic N) is 1. The summed E-state index contributed by atoms with van der Waals surface area (Å²) in [6.45, 7) is 3.88. The summed E-state index contributed by atoms with van der Waals surface area (Å²) in [5.74, 6) is 0. The predicted molar refractivity (Wildman–Crippen MR) is 74.5 cm³/mol. The number of ether oxygens (including phenoxy) is 1. The minimum absolute atomic E-state index is 0.470. The quantitative estimate of drug-likeness (QED) is 0.848. The van der Waals surface area contributed by atoms with E-state index in [4.69, 9.17) is 4.74 Å². The molecule has 1 aromatic heterocycles. The molecule has 0 spiro atoms. The zero-order valence-corrected chi connectivity index (χ0v) is 11.0. The topological polar surface area (TPSA) is 34.1 Å². The third kappa shape index (κ3) is 3.52. The molecule has 1 N–H and O–H groups in total. The Hall–Kier alpha value is -1.45. The van der Waals surface area contributed by atoms with Crippen molar-refractivity contribution in [3.63, 3.8) is 0 Å². The molecule has 1 unspecified atom stereocenters. The zero-order chi connectivity index (χ0) is 12.8. The van der Waals surface area contributed by atoms with Crippen LogP contribution in [0.3, 0.4) is 0 Å². The lowest BCUT2D eigenvalue weighted by atomic mass is 10.1. The van der Waals surface area contributed by atoms with Gasteiger partial charge in [0.15, 0.2) is 0 Å². The van der Waals surface area contributed by atoms with Gasteiger partial charge in [-0.25, -0.2) is 0 Å². The second-order valence-electron chi connectivity index (χ2n) is 4.62. The highest BCUT2D eigenvalue weighted by molar-refractivity contribution is 5.81. The van der Waals surface area contributed by atoms with Crippen LogP contribution in [0.5, 0.6) is 0 Å². The van der Waals surface area contributed by atoms with Crippen molar-refractivity contribution in [2.45, 2.75) is 25.9 Å². The van der Waals surface area contributed by atoms with E-state index < -0.39 is 0 Å². The molecule has 1 aromatic carbocycles. The number of hydrogen-bond acceptors (Lipinski definition) is 3. The summed E-state index contributed by atoms with van der Waals surface area (Å²) < 4.78 is 5.08. The van der Waals surface area contributed by atoms with Gasteiger partial charge in [-0.2, -0.15) is 0 Å². The van der Waals surface area contributed by atoms with E-state index in [2.05, 4.69) is 35.4 Å². The van der Waals surface area contributed by atoms with E-state index >= 15 is 0 Å². The van der Waals surface area contributed by atoms with E-state index in [1.165, 1.54) is 16.3 Å². The summed E-state index contributed by atoms with van der Waals surface area (Å²) in [6.07, 6.45) is 4.77. The Kier molecular flexibility index (Phi) is 4.67. The molecule has 2 aromatic rings. The lowest BCUT2D eigenvalue weighted by Crippen LogP contribution is -2.26. The first kappa shape index (κ1) is 13.0. The van der Waals surface area contributed by atoms with Crippen LogP contribution < -0.4 is 5.32 Å². The number of benzene rings is 1. The van der Waals surface area contributed by atoms with Crippen molar-refractivity contribution in [1.82, 2.24) is 10.3 Å². The molecule has 3 heteroatoms. The third-order valence-corrected chi connectivity index (χ3v) is 3.11. The first-order valence-corrected chi connectivity index (χ1v) is 6.34. The van der Waals surface area contributed by atoms with Crippen molar-refractivity contribution in [1.29, 1.82) is 0 Å². The molecule has 0 bridgehead atoms. The van der Waals surface area contributed by atoms with Crippen molar-refractivity contribution in [3.05, 3.63) is 42.2 Å². The summed E-state index contributed by atoms with van der Waals surface area (Å²) in [5.41, 5.74) is 1.30. The molecule has 0 saturated carbocycles. The SMILES string of the molecule is COCCC(C)NCc1ccc2cnccc2c1. The average Bonchev–Trinajstić information content (AvgIpc) is 2.42. The monoisotopic (exact) mass is 244 g/mol. The molecule has 1 atom stereocenters. The van der Waals surface area contributed by atoms with Crippen LogP contribution in [-0.4, -0.2) is 24.7 Å². The van der Waals surface area contributed by atoms with Gasteiger partial charge in [0.25, 0.3) is 0 Å². The van der Waals surface area contributed by atoms with E-state index in [1.54, 1.807) is 7.11 Å². The third-order valence-electron chi connectivity index (χ3n) is 3.11. The fourth-order valence-electron chi connectivity index (χ4n) is 1.93. The van der Waals surface area contributed by atoms with Crippen LogP contribution in [0.4, 0.5) is 0 Å². The van der Waals surface area contributed by atoms with Gasteiger partial charge in [-0.3, -0.25) is 4.98 Å². The van der Waals surface area contributed by atoms with Crippen LogP contribution in [0, 0.1) is 0 Å². The molecule has 0 aliphatic heterocycles. The molecule has 0 amide bonds. The number of fused-ring (bicyclic) bond motifs is 1. The Labute approximate surface area is 108 Å². The summed E-state index contributed by atoms with van der Waals surface area (Å²) in [6, 6.07) is 9.01. The maximum Gasteiger partial charge on any atom is 0.0476 e. The van der Waals surface area contributed by atoms with E-state index in [0.717, 1.165) is 19.6 Å². The highest BCUT2D eigenvalue weighted by atomic mass is 16.5. The van der Waals surface area contributed by atoms with Gasteiger partial charge in [0.2, 0.25) is 0 Å². The fraction of sp³-hybridized carbons (Fsp3) is 0.400. The van der Waals surface area contributed by atoms with Crippen molar-refractivity contribution < 1.29 is 4.74 Å². The predicted octanol–water partition coefficient (Wildman–Crippen LogP) is 2.75. The smallest absolute Gasteiger partial charge is 0.0476 e. The van der Waals surface area contributed by atoms with Crippen LogP contribution >= 0.6 is 0 Å². The minimum atomic E-state index is 0.470. The van der Waals surface area contributed by atoms with Gasteiger partial charge in [0, 0.05) is 44.1 Å². The Morgan fingerprint density at radius 1 is 1.28 bits per heavy atom. The zero-order valence-electron chi connectivity index (χ0n) is 11.0. The number of hydrogen-bond donors (Lipinski definition) is 1. The van der Waals surface area contributed by atoms with Crippen molar-refractivity contribution >= 4 is 10.8 Å². The number of aromatic nitrogens is 1. The molecule has 0 radical (unpaired) electrons. The van der Waals surface area contributed by atoms with Crippen molar-refractivity contribution in [3.8, 4) is 0 Å². The standard InChI is InChI=1S/C15H20N2O/c1-12(6-8-18-2)17-10-13-3-4-15-11-16-7-5-14(15)9-13/h3-5,7,9,11-12,17H,6,8,10H2,1-2H3. The Balaban J connectivity index is 1.95. The lowest BCUT2D eigenvalue weighted by Gasteiger charge is -2.13. The molecule has 0 aliphatic rings. The van der Waals surface area contributed by atoms with Gasteiger partial charge in [0.05, 0.1) is 0 Å². The molecule has 18 heavy (non-hydrogen) atoms. The summed E-state index contributed by atoms with van der Waals surface area (Å²) in [4.78, 5) is 4.12. The van der Waals surface area contributed by atoms with Crippen LogP contribution in [0.25, 0.3) is 10.8 Å². The molecule has 0 fully saturated rings. The van der Waals surface area contributed by atoms with Gasteiger partial charge in [-0.1, -0.05) is 12.1 Å². The van der Waals surface area contributed by atoms with Crippen molar-refractivity contribution in [2.24, 2.45) is 0 Å². The Morgan fingerprint density at radius 2 is 2.17 bits per heavy atom. The van der Waals surface area contributed by atoms with Crippen LogP contribution in [0.1, 0.15) is 18.9 Å². The number of methoxy groups -OCH3 is 1. The molecule has 96 valence electrons. The minimum Gasteiger partial charge on any atom is -0.385 e. The molecule has 3 nitrogen and oxygen atoms in total. The second kappa shape index (κ2) is 6.47. The van der Waals surface area contributed by atoms with Crippen molar-refractivity contribution in [2.75, 3.05) is 13.7 Å². The average molecular weight is 244 g/mol. The van der Waals surface area contributed by atoms with Crippen LogP contribution in [0.15, 0.2) is 36.7 Å². The molecular formula is C15H20N2O. The van der Waals surface area contributed by atoms with Crippen LogP contribution in [0.2, 0.25) is 0 Å². The number of nitrogens with one attached hydrogen (secondary N) is 1. The van der Waals surface area contributed by atoms with E-state index in [1.807, 2.05) is 18.5 Å². The maximum atomic E-state index is 5.08. The van der Waals surface area contributed by atoms with Gasteiger partial charge < -0.3 is 10.1 Å². The summed E-state index contributed by atoms with van der Waals surface area (Å²) in [7, 11) is 1.74. The number of pyridine rings is 1. The van der Waals surface area contributed by atoms with Gasteiger partial charge >= 0.3 is 0 Å².